The summed E-state index contributed by atoms with van der Waals surface area (Å²) in [5.74, 6) is 0. The van der Waals surface area contributed by atoms with Crippen LogP contribution < -0.4 is 10.5 Å². The molecular formula is C15H16N2O. The van der Waals surface area contributed by atoms with E-state index in [1.807, 2.05) is 12.3 Å². The largest absolute Gasteiger partial charge is 0.367 e. The van der Waals surface area contributed by atoms with E-state index in [2.05, 4.69) is 29.2 Å². The minimum Gasteiger partial charge on any atom is -0.367 e. The van der Waals surface area contributed by atoms with Crippen LogP contribution in [0.5, 0.6) is 0 Å². The third kappa shape index (κ3) is 1.92. The van der Waals surface area contributed by atoms with Gasteiger partial charge in [0.25, 0.3) is 0 Å². The van der Waals surface area contributed by atoms with Crippen LogP contribution in [-0.2, 0) is 20.0 Å². The highest BCUT2D eigenvalue weighted by molar-refractivity contribution is 5.57. The summed E-state index contributed by atoms with van der Waals surface area (Å²) in [6, 6.07) is 12.1. The van der Waals surface area contributed by atoms with Crippen LogP contribution in [-0.4, -0.2) is 11.1 Å². The number of aryl methyl sites for hydroxylation is 1. The molecule has 1 aliphatic rings. The Morgan fingerprint density at radius 2 is 2.00 bits per heavy atom. The summed E-state index contributed by atoms with van der Waals surface area (Å²) in [6.07, 6.45) is 3.03. The third-order valence-electron chi connectivity index (χ3n) is 3.50. The van der Waals surface area contributed by atoms with Gasteiger partial charge in [-0.05, 0) is 23.6 Å². The van der Waals surface area contributed by atoms with Crippen molar-refractivity contribution in [3.8, 4) is 0 Å². The van der Waals surface area contributed by atoms with E-state index in [0.717, 1.165) is 19.5 Å². The first-order valence-electron chi connectivity index (χ1n) is 6.22. The van der Waals surface area contributed by atoms with Crippen LogP contribution in [0.4, 0.5) is 5.69 Å². The first kappa shape index (κ1) is 11.1. The van der Waals surface area contributed by atoms with Gasteiger partial charge in [-0.15, -0.1) is 0 Å². The molecule has 0 saturated carbocycles. The second-order valence-electron chi connectivity index (χ2n) is 4.79. The van der Waals surface area contributed by atoms with Crippen LogP contribution in [0, 0.1) is 0 Å². The van der Waals surface area contributed by atoms with Crippen LogP contribution in [0.25, 0.3) is 0 Å². The normalized spacial score (nSPS) is 13.7. The maximum absolute atomic E-state index is 11.4. The van der Waals surface area contributed by atoms with Crippen molar-refractivity contribution < 1.29 is 0 Å². The molecule has 1 aromatic heterocycles. The second kappa shape index (κ2) is 4.33. The first-order chi connectivity index (χ1) is 8.74. The van der Waals surface area contributed by atoms with Crippen molar-refractivity contribution in [1.29, 1.82) is 0 Å². The van der Waals surface area contributed by atoms with E-state index in [1.54, 1.807) is 17.7 Å². The summed E-state index contributed by atoms with van der Waals surface area (Å²) in [7, 11) is 1.80. The van der Waals surface area contributed by atoms with Crippen LogP contribution in [0.3, 0.4) is 0 Å². The van der Waals surface area contributed by atoms with E-state index < -0.39 is 0 Å². The molecule has 3 rings (SSSR count). The molecule has 0 bridgehead atoms. The van der Waals surface area contributed by atoms with Gasteiger partial charge in [-0.3, -0.25) is 4.79 Å². The Morgan fingerprint density at radius 3 is 2.83 bits per heavy atom. The fraction of sp³-hybridized carbons (Fsp3) is 0.267. The highest BCUT2D eigenvalue weighted by Crippen LogP contribution is 2.28. The Labute approximate surface area is 106 Å². The van der Waals surface area contributed by atoms with E-state index in [1.165, 1.54) is 16.8 Å². The van der Waals surface area contributed by atoms with Gasteiger partial charge < -0.3 is 9.47 Å². The maximum Gasteiger partial charge on any atom is 0.250 e. The fourth-order valence-electron chi connectivity index (χ4n) is 2.54. The van der Waals surface area contributed by atoms with Gasteiger partial charge in [0.1, 0.15) is 0 Å². The van der Waals surface area contributed by atoms with Gasteiger partial charge in [0.2, 0.25) is 5.56 Å². The van der Waals surface area contributed by atoms with Crippen LogP contribution in [0.2, 0.25) is 0 Å². The molecule has 0 atom stereocenters. The zero-order valence-electron chi connectivity index (χ0n) is 10.5. The molecule has 0 fully saturated rings. The summed E-state index contributed by atoms with van der Waals surface area (Å²) in [6.45, 7) is 1.92. The van der Waals surface area contributed by atoms with Crippen molar-refractivity contribution in [2.24, 2.45) is 7.05 Å². The number of para-hydroxylation sites is 1. The highest BCUT2D eigenvalue weighted by atomic mass is 16.1. The monoisotopic (exact) mass is 240 g/mol. The number of rotatable bonds is 2. The Morgan fingerprint density at radius 1 is 1.17 bits per heavy atom. The summed E-state index contributed by atoms with van der Waals surface area (Å²) in [4.78, 5) is 13.7. The summed E-state index contributed by atoms with van der Waals surface area (Å²) in [5.41, 5.74) is 3.96. The van der Waals surface area contributed by atoms with Gasteiger partial charge in [-0.25, -0.2) is 0 Å². The smallest absolute Gasteiger partial charge is 0.250 e. The Kier molecular flexibility index (Phi) is 2.67. The van der Waals surface area contributed by atoms with Gasteiger partial charge in [-0.1, -0.05) is 24.3 Å². The van der Waals surface area contributed by atoms with Gasteiger partial charge in [0, 0.05) is 38.1 Å². The predicted molar refractivity (Wildman–Crippen MR) is 72.9 cm³/mol. The number of benzene rings is 1. The lowest BCUT2D eigenvalue weighted by Gasteiger charge is -2.19. The highest BCUT2D eigenvalue weighted by Gasteiger charge is 2.18. The quantitative estimate of drug-likeness (QED) is 0.801. The SMILES string of the molecule is Cn1cc(CN2CCc3ccccc32)ccc1=O. The van der Waals surface area contributed by atoms with E-state index in [0.29, 0.717) is 0 Å². The number of nitrogens with zero attached hydrogens (tertiary/aromatic N) is 2. The minimum atomic E-state index is 0.0422. The average molecular weight is 240 g/mol. The summed E-state index contributed by atoms with van der Waals surface area (Å²) < 4.78 is 1.64. The van der Waals surface area contributed by atoms with Crippen LogP contribution in [0.1, 0.15) is 11.1 Å². The summed E-state index contributed by atoms with van der Waals surface area (Å²) >= 11 is 0. The van der Waals surface area contributed by atoms with Gasteiger partial charge in [0.15, 0.2) is 0 Å². The van der Waals surface area contributed by atoms with Gasteiger partial charge in [-0.2, -0.15) is 0 Å². The van der Waals surface area contributed by atoms with E-state index >= 15 is 0 Å². The van der Waals surface area contributed by atoms with Crippen molar-refractivity contribution in [1.82, 2.24) is 4.57 Å². The zero-order chi connectivity index (χ0) is 12.5. The van der Waals surface area contributed by atoms with Crippen molar-refractivity contribution in [2.75, 3.05) is 11.4 Å². The molecule has 0 N–H and O–H groups in total. The van der Waals surface area contributed by atoms with Crippen molar-refractivity contribution in [2.45, 2.75) is 13.0 Å². The fourth-order valence-corrected chi connectivity index (χ4v) is 2.54. The van der Waals surface area contributed by atoms with Crippen LogP contribution >= 0.6 is 0 Å². The molecular weight excluding hydrogens is 224 g/mol. The third-order valence-corrected chi connectivity index (χ3v) is 3.50. The molecule has 3 heteroatoms. The van der Waals surface area contributed by atoms with Crippen LogP contribution in [0.15, 0.2) is 47.4 Å². The molecule has 18 heavy (non-hydrogen) atoms. The van der Waals surface area contributed by atoms with Crippen molar-refractivity contribution in [3.63, 3.8) is 0 Å². The van der Waals surface area contributed by atoms with E-state index in [4.69, 9.17) is 0 Å². The number of hydrogen-bond donors (Lipinski definition) is 0. The van der Waals surface area contributed by atoms with E-state index in [9.17, 15) is 4.79 Å². The van der Waals surface area contributed by atoms with E-state index in [-0.39, 0.29) is 5.56 Å². The molecule has 0 radical (unpaired) electrons. The molecule has 0 aliphatic carbocycles. The Balaban J connectivity index is 1.86. The first-order valence-corrected chi connectivity index (χ1v) is 6.22. The molecule has 0 spiro atoms. The number of pyridine rings is 1. The topological polar surface area (TPSA) is 25.2 Å². The van der Waals surface area contributed by atoms with Crippen molar-refractivity contribution >= 4 is 5.69 Å². The molecule has 92 valence electrons. The van der Waals surface area contributed by atoms with Crippen molar-refractivity contribution in [3.05, 3.63) is 64.1 Å². The Bertz CT molecular complexity index is 630. The predicted octanol–water partition coefficient (Wildman–Crippen LogP) is 1.95. The standard InChI is InChI=1S/C15H16N2O/c1-16-10-12(6-7-15(16)18)11-17-9-8-13-4-2-3-5-14(13)17/h2-7,10H,8-9,11H2,1H3. The number of aromatic nitrogens is 1. The number of fused-ring (bicyclic) bond motifs is 1. The molecule has 2 heterocycles. The lowest BCUT2D eigenvalue weighted by molar-refractivity contribution is 0.797. The molecule has 2 aromatic rings. The lowest BCUT2D eigenvalue weighted by Crippen LogP contribution is -2.22. The minimum absolute atomic E-state index is 0.0422. The molecule has 0 saturated heterocycles. The Hall–Kier alpha value is -2.03. The molecule has 0 unspecified atom stereocenters. The molecule has 0 amide bonds. The average Bonchev–Trinajstić information content (AvgIpc) is 2.78. The summed E-state index contributed by atoms with van der Waals surface area (Å²) in [5, 5.41) is 0. The zero-order valence-corrected chi connectivity index (χ0v) is 10.5. The number of anilines is 1. The number of hydrogen-bond acceptors (Lipinski definition) is 2. The molecule has 1 aromatic carbocycles. The second-order valence-corrected chi connectivity index (χ2v) is 4.79. The molecule has 1 aliphatic heterocycles. The van der Waals surface area contributed by atoms with Gasteiger partial charge in [0.05, 0.1) is 0 Å². The maximum atomic E-state index is 11.4. The van der Waals surface area contributed by atoms with Gasteiger partial charge >= 0.3 is 0 Å². The molecule has 3 nitrogen and oxygen atoms in total. The lowest BCUT2D eigenvalue weighted by atomic mass is 10.2.